The normalized spacial score (nSPS) is 16.0. The predicted molar refractivity (Wildman–Crippen MR) is 113 cm³/mol. The van der Waals surface area contributed by atoms with Gasteiger partial charge in [0.25, 0.3) is 0 Å². The van der Waals surface area contributed by atoms with Gasteiger partial charge in [0, 0.05) is 37.1 Å². The molecule has 1 saturated heterocycles. The summed E-state index contributed by atoms with van der Waals surface area (Å²) < 4.78 is 39.6. The Hall–Kier alpha value is -3.69. The Balaban J connectivity index is 1.56. The van der Waals surface area contributed by atoms with Crippen molar-refractivity contribution in [2.24, 2.45) is 0 Å². The van der Waals surface area contributed by atoms with Gasteiger partial charge in [-0.25, -0.2) is 14.8 Å². The van der Waals surface area contributed by atoms with Gasteiger partial charge in [-0.3, -0.25) is 15.2 Å². The Morgan fingerprint density at radius 2 is 1.91 bits per heavy atom. The van der Waals surface area contributed by atoms with Crippen LogP contribution in [0.1, 0.15) is 18.4 Å². The molecule has 0 spiro atoms. The van der Waals surface area contributed by atoms with E-state index >= 15 is 0 Å². The number of anilines is 3. The van der Waals surface area contributed by atoms with Gasteiger partial charge in [0.05, 0.1) is 23.1 Å². The van der Waals surface area contributed by atoms with Crippen LogP contribution in [-0.2, 0) is 6.18 Å². The molecule has 3 aliphatic heterocycles. The van der Waals surface area contributed by atoms with Crippen molar-refractivity contribution in [1.82, 2.24) is 15.0 Å². The highest BCUT2D eigenvalue weighted by Crippen LogP contribution is 2.40. The molecule has 32 heavy (non-hydrogen) atoms. The Morgan fingerprint density at radius 1 is 1.09 bits per heavy atom. The lowest BCUT2D eigenvalue weighted by Crippen LogP contribution is -2.46. The highest BCUT2D eigenvalue weighted by molar-refractivity contribution is 6.03. The molecular formula is C22H19F3N6O. The number of nitrogens with zero attached hydrogens (tertiary/aromatic N) is 5. The van der Waals surface area contributed by atoms with Crippen LogP contribution < -0.4 is 15.1 Å². The topological polar surface area (TPSA) is 74.2 Å². The number of aromatic nitrogens is 3. The van der Waals surface area contributed by atoms with Crippen LogP contribution in [0.5, 0.6) is 0 Å². The monoisotopic (exact) mass is 440 g/mol. The summed E-state index contributed by atoms with van der Waals surface area (Å²) in [6, 6.07) is 8.10. The largest absolute Gasteiger partial charge is 0.416 e. The van der Waals surface area contributed by atoms with E-state index in [1.165, 1.54) is 24.7 Å². The molecule has 1 fully saturated rings. The van der Waals surface area contributed by atoms with Gasteiger partial charge in [0.2, 0.25) is 0 Å². The lowest BCUT2D eigenvalue weighted by molar-refractivity contribution is -0.137. The van der Waals surface area contributed by atoms with Gasteiger partial charge in [-0.2, -0.15) is 13.2 Å². The maximum Gasteiger partial charge on any atom is 0.416 e. The Bertz CT molecular complexity index is 1150. The van der Waals surface area contributed by atoms with Crippen molar-refractivity contribution in [2.45, 2.75) is 25.1 Å². The van der Waals surface area contributed by atoms with E-state index in [-0.39, 0.29) is 6.04 Å². The van der Waals surface area contributed by atoms with Crippen molar-refractivity contribution in [3.05, 3.63) is 60.6 Å². The number of fused-ring (bicyclic) bond motifs is 2. The standard InChI is InChI=1S/C22H19F3N6O/c23-22(24,25)15-3-1-2-14(12-15)17-4-5-18-20(28-17)31(16-6-10-30(18)11-7-16)21(32)29-19-13-26-8-9-27-19/h1-5,8-9,12-13,16H,6-7,10-11H2,(H,27,29,32). The second-order valence-corrected chi connectivity index (χ2v) is 7.73. The molecule has 1 aromatic carbocycles. The molecule has 0 unspecified atom stereocenters. The average molecular weight is 440 g/mol. The molecular weight excluding hydrogens is 421 g/mol. The van der Waals surface area contributed by atoms with Gasteiger partial charge < -0.3 is 4.90 Å². The lowest BCUT2D eigenvalue weighted by Gasteiger charge is -2.31. The minimum absolute atomic E-state index is 0.0755. The van der Waals surface area contributed by atoms with Crippen LogP contribution in [-0.4, -0.2) is 40.1 Å². The van der Waals surface area contributed by atoms with E-state index in [1.54, 1.807) is 17.0 Å². The van der Waals surface area contributed by atoms with E-state index in [0.29, 0.717) is 22.9 Å². The molecule has 5 heterocycles. The second-order valence-electron chi connectivity index (χ2n) is 7.73. The molecule has 0 atom stereocenters. The number of benzene rings is 1. The molecule has 164 valence electrons. The highest BCUT2D eigenvalue weighted by atomic mass is 19.4. The zero-order chi connectivity index (χ0) is 22.3. The van der Waals surface area contributed by atoms with E-state index in [9.17, 15) is 18.0 Å². The van der Waals surface area contributed by atoms with Crippen LogP contribution in [0, 0.1) is 0 Å². The van der Waals surface area contributed by atoms with Crippen LogP contribution >= 0.6 is 0 Å². The minimum atomic E-state index is -4.45. The number of pyridine rings is 1. The maximum absolute atomic E-state index is 13.2. The summed E-state index contributed by atoms with van der Waals surface area (Å²) >= 11 is 0. The Morgan fingerprint density at radius 3 is 2.62 bits per heavy atom. The van der Waals surface area contributed by atoms with E-state index in [1.807, 2.05) is 6.07 Å². The molecule has 3 aromatic rings. The first-order valence-electron chi connectivity index (χ1n) is 10.2. The minimum Gasteiger partial charge on any atom is -0.368 e. The fraction of sp³-hybridized carbons (Fsp3) is 0.273. The molecule has 0 radical (unpaired) electrons. The Kier molecular flexibility index (Phi) is 4.91. The third-order valence-electron chi connectivity index (χ3n) is 5.76. The van der Waals surface area contributed by atoms with E-state index in [2.05, 4.69) is 25.2 Å². The number of hydrogen-bond donors (Lipinski definition) is 1. The van der Waals surface area contributed by atoms with Gasteiger partial charge in [0.1, 0.15) is 0 Å². The predicted octanol–water partition coefficient (Wildman–Crippen LogP) is 4.58. The van der Waals surface area contributed by atoms with Crippen LogP contribution in [0.4, 0.5) is 35.3 Å². The van der Waals surface area contributed by atoms with Crippen molar-refractivity contribution in [3.8, 4) is 11.3 Å². The average Bonchev–Trinajstić information content (AvgIpc) is 3.05. The molecule has 7 nitrogen and oxygen atoms in total. The number of rotatable bonds is 2. The number of hydrogen-bond acceptors (Lipinski definition) is 5. The highest BCUT2D eigenvalue weighted by Gasteiger charge is 2.37. The number of urea groups is 1. The first kappa shape index (κ1) is 20.2. The number of carbonyl (C=O) groups is 1. The fourth-order valence-electron chi connectivity index (χ4n) is 4.21. The summed E-state index contributed by atoms with van der Waals surface area (Å²) in [5.41, 5.74) is 0.751. The first-order valence-corrected chi connectivity index (χ1v) is 10.2. The third-order valence-corrected chi connectivity index (χ3v) is 5.76. The second kappa shape index (κ2) is 7.77. The third kappa shape index (κ3) is 3.72. The van der Waals surface area contributed by atoms with Crippen LogP contribution in [0.2, 0.25) is 0 Å². The molecule has 2 bridgehead atoms. The number of amides is 2. The van der Waals surface area contributed by atoms with Crippen molar-refractivity contribution in [3.63, 3.8) is 0 Å². The molecule has 10 heteroatoms. The molecule has 0 saturated carbocycles. The number of nitrogens with one attached hydrogen (secondary N) is 1. The number of piperidine rings is 1. The van der Waals surface area contributed by atoms with Gasteiger partial charge in [0.15, 0.2) is 11.6 Å². The molecule has 1 N–H and O–H groups in total. The lowest BCUT2D eigenvalue weighted by atomic mass is 10.1. The van der Waals surface area contributed by atoms with Gasteiger partial charge in [-0.15, -0.1) is 0 Å². The van der Waals surface area contributed by atoms with Crippen molar-refractivity contribution < 1.29 is 18.0 Å². The zero-order valence-electron chi connectivity index (χ0n) is 16.9. The van der Waals surface area contributed by atoms with Gasteiger partial charge in [-0.1, -0.05) is 12.1 Å². The number of alkyl halides is 3. The summed E-state index contributed by atoms with van der Waals surface area (Å²) in [5.74, 6) is 0.744. The number of halogens is 3. The first-order chi connectivity index (χ1) is 15.4. The molecule has 2 amide bonds. The SMILES string of the molecule is O=C(Nc1cnccn1)N1c2nc(-c3cccc(C(F)(F)F)c3)ccc2N2CCC1CC2. The smallest absolute Gasteiger partial charge is 0.368 e. The van der Waals surface area contributed by atoms with Gasteiger partial charge in [-0.05, 0) is 37.1 Å². The van der Waals surface area contributed by atoms with Crippen LogP contribution in [0.25, 0.3) is 11.3 Å². The quantitative estimate of drug-likeness (QED) is 0.632. The summed E-state index contributed by atoms with van der Waals surface area (Å²) in [5, 5.41) is 2.76. The van der Waals surface area contributed by atoms with Crippen LogP contribution in [0.15, 0.2) is 55.0 Å². The number of carbonyl (C=O) groups excluding carboxylic acids is 1. The summed E-state index contributed by atoms with van der Waals surface area (Å²) in [6.07, 6.45) is 1.52. The zero-order valence-corrected chi connectivity index (χ0v) is 16.9. The van der Waals surface area contributed by atoms with E-state index < -0.39 is 17.8 Å². The molecule has 6 rings (SSSR count). The van der Waals surface area contributed by atoms with Crippen LogP contribution in [0.3, 0.4) is 0 Å². The molecule has 2 aromatic heterocycles. The van der Waals surface area contributed by atoms with Crippen molar-refractivity contribution >= 4 is 23.4 Å². The van der Waals surface area contributed by atoms with E-state index in [0.717, 1.165) is 43.8 Å². The summed E-state index contributed by atoms with van der Waals surface area (Å²) in [6.45, 7) is 1.55. The fourth-order valence-corrected chi connectivity index (χ4v) is 4.21. The molecule has 0 aliphatic carbocycles. The van der Waals surface area contributed by atoms with E-state index in [4.69, 9.17) is 0 Å². The maximum atomic E-state index is 13.2. The summed E-state index contributed by atoms with van der Waals surface area (Å²) in [4.78, 5) is 29.7. The molecule has 3 aliphatic rings. The Labute approximate surface area is 181 Å². The summed E-state index contributed by atoms with van der Waals surface area (Å²) in [7, 11) is 0. The van der Waals surface area contributed by atoms with Crippen molar-refractivity contribution in [2.75, 3.05) is 28.2 Å². The van der Waals surface area contributed by atoms with Gasteiger partial charge >= 0.3 is 12.2 Å². The van der Waals surface area contributed by atoms with Crippen molar-refractivity contribution in [1.29, 1.82) is 0 Å².